The van der Waals surface area contributed by atoms with Crippen LogP contribution in [0.25, 0.3) is 16.9 Å². The number of nitriles is 1. The van der Waals surface area contributed by atoms with Gasteiger partial charge in [0.15, 0.2) is 0 Å². The summed E-state index contributed by atoms with van der Waals surface area (Å²) in [4.78, 5) is 9.01. The van der Waals surface area contributed by atoms with E-state index in [9.17, 15) is 5.26 Å². The van der Waals surface area contributed by atoms with Crippen molar-refractivity contribution < 1.29 is 4.74 Å². The van der Waals surface area contributed by atoms with Crippen LogP contribution in [0.3, 0.4) is 0 Å². The van der Waals surface area contributed by atoms with Gasteiger partial charge in [0, 0.05) is 17.8 Å². The van der Waals surface area contributed by atoms with Crippen LogP contribution in [0.15, 0.2) is 36.7 Å². The van der Waals surface area contributed by atoms with Crippen LogP contribution < -0.4 is 10.1 Å². The van der Waals surface area contributed by atoms with Crippen molar-refractivity contribution in [1.29, 1.82) is 5.26 Å². The first-order chi connectivity index (χ1) is 16.2. The van der Waals surface area contributed by atoms with Crippen molar-refractivity contribution >= 4 is 5.65 Å². The average Bonchev–Trinajstić information content (AvgIpc) is 3.56. The fourth-order valence-electron chi connectivity index (χ4n) is 5.02. The minimum atomic E-state index is -0.167. The van der Waals surface area contributed by atoms with Gasteiger partial charge in [-0.25, -0.2) is 9.67 Å². The molecule has 1 aliphatic heterocycles. The van der Waals surface area contributed by atoms with E-state index in [4.69, 9.17) is 4.74 Å². The summed E-state index contributed by atoms with van der Waals surface area (Å²) in [5.74, 6) is 0.566. The van der Waals surface area contributed by atoms with Crippen molar-refractivity contribution in [2.45, 2.75) is 44.8 Å². The SMILES string of the molecule is Cc1c(-c2cc(O[C@@H]3CCc4cccnc43)n3c(C#N)cnc3c2)nnn1C1CCNCC1. The van der Waals surface area contributed by atoms with E-state index in [1.807, 2.05) is 22.9 Å². The third-order valence-corrected chi connectivity index (χ3v) is 6.71. The van der Waals surface area contributed by atoms with Crippen LogP contribution in [-0.2, 0) is 6.42 Å². The maximum absolute atomic E-state index is 9.64. The van der Waals surface area contributed by atoms with Gasteiger partial charge in [0.2, 0.25) is 5.88 Å². The number of fused-ring (bicyclic) bond motifs is 2. The second kappa shape index (κ2) is 7.98. The van der Waals surface area contributed by atoms with Crippen LogP contribution in [0.1, 0.15) is 54.1 Å². The highest BCUT2D eigenvalue weighted by molar-refractivity contribution is 5.68. The van der Waals surface area contributed by atoms with Crippen LogP contribution in [0.5, 0.6) is 5.88 Å². The molecule has 1 saturated heterocycles. The number of rotatable bonds is 4. The number of piperidine rings is 1. The Morgan fingerprint density at radius 2 is 2.06 bits per heavy atom. The fraction of sp³-hybridized carbons (Fsp3) is 0.375. The maximum Gasteiger partial charge on any atom is 0.201 e. The topological polar surface area (TPSA) is 106 Å². The predicted molar refractivity (Wildman–Crippen MR) is 121 cm³/mol. The van der Waals surface area contributed by atoms with Crippen molar-refractivity contribution in [3.05, 3.63) is 59.3 Å². The Kier molecular flexibility index (Phi) is 4.80. The van der Waals surface area contributed by atoms with E-state index in [1.54, 1.807) is 16.8 Å². The normalized spacial score (nSPS) is 18.4. The van der Waals surface area contributed by atoms with Crippen LogP contribution >= 0.6 is 0 Å². The quantitative estimate of drug-likeness (QED) is 0.519. The van der Waals surface area contributed by atoms with Gasteiger partial charge in [0.05, 0.1) is 23.6 Å². The molecule has 166 valence electrons. The van der Waals surface area contributed by atoms with Gasteiger partial charge in [-0.2, -0.15) is 5.26 Å². The third-order valence-electron chi connectivity index (χ3n) is 6.71. The smallest absolute Gasteiger partial charge is 0.201 e. The van der Waals surface area contributed by atoms with E-state index >= 15 is 0 Å². The highest BCUT2D eigenvalue weighted by Crippen LogP contribution is 2.36. The second-order valence-electron chi connectivity index (χ2n) is 8.67. The van der Waals surface area contributed by atoms with Gasteiger partial charge in [-0.05, 0) is 63.4 Å². The van der Waals surface area contributed by atoms with Crippen molar-refractivity contribution in [2.24, 2.45) is 0 Å². The van der Waals surface area contributed by atoms with E-state index in [2.05, 4.69) is 44.7 Å². The van der Waals surface area contributed by atoms with Gasteiger partial charge in [0.1, 0.15) is 29.2 Å². The monoisotopic (exact) mass is 440 g/mol. The van der Waals surface area contributed by atoms with Crippen LogP contribution in [0, 0.1) is 18.3 Å². The number of pyridine rings is 2. The zero-order valence-electron chi connectivity index (χ0n) is 18.4. The number of nitrogens with zero attached hydrogens (tertiary/aromatic N) is 7. The molecule has 9 nitrogen and oxygen atoms in total. The molecule has 33 heavy (non-hydrogen) atoms. The van der Waals surface area contributed by atoms with Gasteiger partial charge >= 0.3 is 0 Å². The molecule has 2 aliphatic rings. The Morgan fingerprint density at radius 1 is 1.18 bits per heavy atom. The molecule has 0 spiro atoms. The lowest BCUT2D eigenvalue weighted by atomic mass is 10.1. The Balaban J connectivity index is 1.42. The Labute approximate surface area is 191 Å². The van der Waals surface area contributed by atoms with Crippen molar-refractivity contribution in [1.82, 2.24) is 34.7 Å². The van der Waals surface area contributed by atoms with Gasteiger partial charge in [0.25, 0.3) is 0 Å². The summed E-state index contributed by atoms with van der Waals surface area (Å²) in [7, 11) is 0. The molecule has 0 amide bonds. The Morgan fingerprint density at radius 3 is 2.91 bits per heavy atom. The summed E-state index contributed by atoms with van der Waals surface area (Å²) in [5.41, 5.74) is 5.97. The van der Waals surface area contributed by atoms with E-state index in [0.29, 0.717) is 23.3 Å². The molecule has 5 heterocycles. The molecule has 0 aromatic carbocycles. The summed E-state index contributed by atoms with van der Waals surface area (Å²) in [6, 6.07) is 10.5. The first-order valence-corrected chi connectivity index (χ1v) is 11.4. The molecule has 9 heteroatoms. The average molecular weight is 441 g/mol. The van der Waals surface area contributed by atoms with E-state index in [0.717, 1.165) is 61.4 Å². The molecule has 0 saturated carbocycles. The van der Waals surface area contributed by atoms with Crippen LogP contribution in [0.2, 0.25) is 0 Å². The largest absolute Gasteiger partial charge is 0.469 e. The summed E-state index contributed by atoms with van der Waals surface area (Å²) < 4.78 is 10.3. The molecule has 0 radical (unpaired) electrons. The van der Waals surface area contributed by atoms with Crippen molar-refractivity contribution in [3.63, 3.8) is 0 Å². The second-order valence-corrected chi connectivity index (χ2v) is 8.67. The number of aryl methyl sites for hydroxylation is 1. The van der Waals surface area contributed by atoms with Crippen molar-refractivity contribution in [3.8, 4) is 23.2 Å². The van der Waals surface area contributed by atoms with Gasteiger partial charge in [-0.15, -0.1) is 5.10 Å². The molecule has 1 N–H and O–H groups in total. The maximum atomic E-state index is 9.64. The van der Waals surface area contributed by atoms with Crippen molar-refractivity contribution in [2.75, 3.05) is 13.1 Å². The van der Waals surface area contributed by atoms with E-state index in [-0.39, 0.29) is 6.10 Å². The predicted octanol–water partition coefficient (Wildman–Crippen LogP) is 3.16. The molecule has 4 aromatic heterocycles. The van der Waals surface area contributed by atoms with Gasteiger partial charge in [-0.3, -0.25) is 9.38 Å². The molecule has 1 aliphatic carbocycles. The van der Waals surface area contributed by atoms with E-state index < -0.39 is 0 Å². The zero-order valence-corrected chi connectivity index (χ0v) is 18.4. The van der Waals surface area contributed by atoms with Gasteiger partial charge < -0.3 is 10.1 Å². The number of nitrogens with one attached hydrogen (secondary N) is 1. The lowest BCUT2D eigenvalue weighted by Crippen LogP contribution is -2.30. The van der Waals surface area contributed by atoms with E-state index in [1.165, 1.54) is 5.56 Å². The first kappa shape index (κ1) is 19.9. The lowest BCUT2D eigenvalue weighted by molar-refractivity contribution is 0.192. The molecule has 0 bridgehead atoms. The Bertz CT molecular complexity index is 1380. The Hall–Kier alpha value is -3.77. The lowest BCUT2D eigenvalue weighted by Gasteiger charge is -2.23. The summed E-state index contributed by atoms with van der Waals surface area (Å²) >= 11 is 0. The highest BCUT2D eigenvalue weighted by atomic mass is 16.5. The third kappa shape index (κ3) is 3.34. The minimum absolute atomic E-state index is 0.167. The molecule has 1 atom stereocenters. The first-order valence-electron chi connectivity index (χ1n) is 11.4. The number of aromatic nitrogens is 6. The standard InChI is InChI=1S/C24H24N8O/c1-15-23(29-30-32(15)18-6-9-26-10-7-18)17-11-21-28-14-19(13-25)31(21)22(12-17)33-20-5-4-16-3-2-8-27-24(16)20/h2-3,8,11-12,14,18,20,26H,4-7,9-10H2,1H3/t20-/m1/s1. The molecular weight excluding hydrogens is 416 g/mol. The number of hydrogen-bond acceptors (Lipinski definition) is 7. The molecule has 0 unspecified atom stereocenters. The van der Waals surface area contributed by atoms with Crippen LogP contribution in [0.4, 0.5) is 0 Å². The number of ether oxygens (including phenoxy) is 1. The molecule has 4 aromatic rings. The fourth-order valence-corrected chi connectivity index (χ4v) is 5.02. The number of imidazole rings is 1. The minimum Gasteiger partial charge on any atom is -0.469 e. The highest BCUT2D eigenvalue weighted by Gasteiger charge is 2.27. The molecular formula is C24H24N8O. The zero-order chi connectivity index (χ0) is 22.4. The van der Waals surface area contributed by atoms with Crippen LogP contribution in [-0.4, -0.2) is 42.5 Å². The van der Waals surface area contributed by atoms with Gasteiger partial charge in [-0.1, -0.05) is 11.3 Å². The summed E-state index contributed by atoms with van der Waals surface area (Å²) in [5, 5.41) is 22.0. The summed E-state index contributed by atoms with van der Waals surface area (Å²) in [6.07, 6.45) is 7.06. The summed E-state index contributed by atoms with van der Waals surface area (Å²) in [6.45, 7) is 4.04. The number of hydrogen-bond donors (Lipinski definition) is 1. The molecule has 1 fully saturated rings. The molecule has 6 rings (SSSR count).